The molecule has 0 amide bonds. The Bertz CT molecular complexity index is 414. The van der Waals surface area contributed by atoms with Gasteiger partial charge in [-0.2, -0.15) is 11.8 Å². The zero-order valence-electron chi connectivity index (χ0n) is 10.6. The molecule has 0 aromatic heterocycles. The summed E-state index contributed by atoms with van der Waals surface area (Å²) in [5.74, 6) is 3.92. The van der Waals surface area contributed by atoms with E-state index in [9.17, 15) is 0 Å². The van der Waals surface area contributed by atoms with Crippen LogP contribution in [-0.4, -0.2) is 31.3 Å². The molecule has 2 heterocycles. The molecule has 2 saturated heterocycles. The van der Waals surface area contributed by atoms with Gasteiger partial charge < -0.3 is 14.8 Å². The van der Waals surface area contributed by atoms with Crippen molar-refractivity contribution >= 4 is 11.8 Å². The third-order valence-electron chi connectivity index (χ3n) is 3.55. The Labute approximate surface area is 112 Å². The van der Waals surface area contributed by atoms with Crippen molar-refractivity contribution < 1.29 is 9.47 Å². The summed E-state index contributed by atoms with van der Waals surface area (Å²) in [4.78, 5) is 0. The maximum absolute atomic E-state index is 6.00. The zero-order valence-corrected chi connectivity index (χ0v) is 11.5. The molecule has 2 aliphatic heterocycles. The fraction of sp³-hybridized carbons (Fsp3) is 0.571. The second-order valence-corrected chi connectivity index (χ2v) is 5.91. The third kappa shape index (κ3) is 2.45. The minimum Gasteiger partial charge on any atom is -0.493 e. The van der Waals surface area contributed by atoms with E-state index in [1.807, 2.05) is 17.8 Å². The number of ether oxygens (including phenoxy) is 2. The van der Waals surface area contributed by atoms with Crippen LogP contribution in [0.5, 0.6) is 11.5 Å². The van der Waals surface area contributed by atoms with Crippen LogP contribution in [0.2, 0.25) is 0 Å². The first-order valence-electron chi connectivity index (χ1n) is 6.52. The highest BCUT2D eigenvalue weighted by atomic mass is 32.2. The Hall–Kier alpha value is -0.870. The number of thioether (sulfide) groups is 1. The lowest BCUT2D eigenvalue weighted by Gasteiger charge is -2.27. The summed E-state index contributed by atoms with van der Waals surface area (Å²) in [6.45, 7) is 1.12. The van der Waals surface area contributed by atoms with Crippen LogP contribution in [0.25, 0.3) is 0 Å². The average Bonchev–Trinajstić information content (AvgIpc) is 2.87. The molecule has 1 N–H and O–H groups in total. The molecular formula is C14H19NO2S. The predicted octanol–water partition coefficient (Wildman–Crippen LogP) is 2.61. The summed E-state index contributed by atoms with van der Waals surface area (Å²) in [5, 5.41) is 3.52. The van der Waals surface area contributed by atoms with Crippen molar-refractivity contribution in [3.8, 4) is 11.5 Å². The minimum atomic E-state index is 0.357. The summed E-state index contributed by atoms with van der Waals surface area (Å²) >= 11 is 1.93. The van der Waals surface area contributed by atoms with Crippen molar-refractivity contribution in [2.45, 2.75) is 25.0 Å². The molecule has 0 bridgehead atoms. The van der Waals surface area contributed by atoms with Gasteiger partial charge in [-0.15, -0.1) is 0 Å². The topological polar surface area (TPSA) is 30.5 Å². The van der Waals surface area contributed by atoms with Crippen LogP contribution in [0.4, 0.5) is 0 Å². The van der Waals surface area contributed by atoms with Crippen molar-refractivity contribution in [1.29, 1.82) is 0 Å². The van der Waals surface area contributed by atoms with Crippen LogP contribution in [0.15, 0.2) is 18.2 Å². The van der Waals surface area contributed by atoms with Gasteiger partial charge in [0.05, 0.1) is 7.11 Å². The highest BCUT2D eigenvalue weighted by molar-refractivity contribution is 8.00. The maximum atomic E-state index is 6.00. The first kappa shape index (κ1) is 12.2. The van der Waals surface area contributed by atoms with E-state index in [0.717, 1.165) is 29.5 Å². The number of benzene rings is 1. The molecule has 3 rings (SSSR count). The quantitative estimate of drug-likeness (QED) is 0.906. The SMILES string of the molecule is COc1ccc(C2CCCN2)cc1OC1CSC1. The second kappa shape index (κ2) is 5.41. The van der Waals surface area contributed by atoms with Crippen LogP contribution in [-0.2, 0) is 0 Å². The Morgan fingerprint density at radius 1 is 1.28 bits per heavy atom. The van der Waals surface area contributed by atoms with Gasteiger partial charge in [0.2, 0.25) is 0 Å². The molecule has 3 nitrogen and oxygen atoms in total. The van der Waals surface area contributed by atoms with Crippen molar-refractivity contribution in [3.63, 3.8) is 0 Å². The van der Waals surface area contributed by atoms with Gasteiger partial charge in [0.15, 0.2) is 11.5 Å². The van der Waals surface area contributed by atoms with Crippen LogP contribution in [0.3, 0.4) is 0 Å². The Morgan fingerprint density at radius 2 is 2.17 bits per heavy atom. The van der Waals surface area contributed by atoms with E-state index in [-0.39, 0.29) is 0 Å². The largest absolute Gasteiger partial charge is 0.493 e. The molecular weight excluding hydrogens is 246 g/mol. The summed E-state index contributed by atoms with van der Waals surface area (Å²) in [6.07, 6.45) is 2.83. The molecule has 2 fully saturated rings. The van der Waals surface area contributed by atoms with Gasteiger partial charge in [-0.1, -0.05) is 6.07 Å². The van der Waals surface area contributed by atoms with Crippen molar-refractivity contribution in [1.82, 2.24) is 5.32 Å². The molecule has 0 saturated carbocycles. The van der Waals surface area contributed by atoms with E-state index >= 15 is 0 Å². The Morgan fingerprint density at radius 3 is 2.78 bits per heavy atom. The van der Waals surface area contributed by atoms with Crippen LogP contribution in [0, 0.1) is 0 Å². The molecule has 0 spiro atoms. The molecule has 2 aliphatic rings. The second-order valence-electron chi connectivity index (χ2n) is 4.84. The predicted molar refractivity (Wildman–Crippen MR) is 74.7 cm³/mol. The fourth-order valence-electron chi connectivity index (χ4n) is 2.43. The first-order valence-corrected chi connectivity index (χ1v) is 7.68. The van der Waals surface area contributed by atoms with E-state index in [4.69, 9.17) is 9.47 Å². The first-order chi connectivity index (χ1) is 8.86. The van der Waals surface area contributed by atoms with Gasteiger partial charge in [-0.05, 0) is 37.1 Å². The Balaban J connectivity index is 1.80. The normalized spacial score (nSPS) is 23.7. The van der Waals surface area contributed by atoms with E-state index in [0.29, 0.717) is 12.1 Å². The minimum absolute atomic E-state index is 0.357. The number of methoxy groups -OCH3 is 1. The molecule has 18 heavy (non-hydrogen) atoms. The molecule has 1 atom stereocenters. The highest BCUT2D eigenvalue weighted by Gasteiger charge is 2.23. The van der Waals surface area contributed by atoms with Crippen LogP contribution >= 0.6 is 11.8 Å². The van der Waals surface area contributed by atoms with E-state index < -0.39 is 0 Å². The van der Waals surface area contributed by atoms with Gasteiger partial charge in [0, 0.05) is 17.5 Å². The Kier molecular flexibility index (Phi) is 3.66. The summed E-state index contributed by atoms with van der Waals surface area (Å²) in [5.41, 5.74) is 1.32. The maximum Gasteiger partial charge on any atom is 0.161 e. The third-order valence-corrected chi connectivity index (χ3v) is 4.77. The molecule has 0 aliphatic carbocycles. The van der Waals surface area contributed by atoms with Gasteiger partial charge in [-0.3, -0.25) is 0 Å². The van der Waals surface area contributed by atoms with Gasteiger partial charge in [-0.25, -0.2) is 0 Å². The van der Waals surface area contributed by atoms with Crippen molar-refractivity contribution in [2.24, 2.45) is 0 Å². The fourth-order valence-corrected chi connectivity index (χ4v) is 3.00. The summed E-state index contributed by atoms with van der Waals surface area (Å²) in [7, 11) is 1.70. The summed E-state index contributed by atoms with van der Waals surface area (Å²) < 4.78 is 11.4. The van der Waals surface area contributed by atoms with Crippen LogP contribution in [0.1, 0.15) is 24.4 Å². The molecule has 4 heteroatoms. The van der Waals surface area contributed by atoms with Gasteiger partial charge in [0.25, 0.3) is 0 Å². The van der Waals surface area contributed by atoms with Gasteiger partial charge in [0.1, 0.15) is 6.10 Å². The van der Waals surface area contributed by atoms with Crippen LogP contribution < -0.4 is 14.8 Å². The zero-order chi connectivity index (χ0) is 12.4. The number of hydrogen-bond donors (Lipinski definition) is 1. The summed E-state index contributed by atoms with van der Waals surface area (Å²) in [6, 6.07) is 6.79. The standard InChI is InChI=1S/C14H19NO2S/c1-16-13-5-4-10(12-3-2-6-15-12)7-14(13)17-11-8-18-9-11/h4-5,7,11-12,15H,2-3,6,8-9H2,1H3. The van der Waals surface area contributed by atoms with Crippen molar-refractivity contribution in [2.75, 3.05) is 25.2 Å². The lowest BCUT2D eigenvalue weighted by atomic mass is 10.0. The lowest BCUT2D eigenvalue weighted by molar-refractivity contribution is 0.228. The highest BCUT2D eigenvalue weighted by Crippen LogP contribution is 2.35. The average molecular weight is 265 g/mol. The van der Waals surface area contributed by atoms with E-state index in [1.54, 1.807) is 7.11 Å². The molecule has 98 valence electrons. The van der Waals surface area contributed by atoms with Gasteiger partial charge >= 0.3 is 0 Å². The number of hydrogen-bond acceptors (Lipinski definition) is 4. The molecule has 0 radical (unpaired) electrons. The molecule has 1 aromatic rings. The van der Waals surface area contributed by atoms with E-state index in [1.165, 1.54) is 18.4 Å². The van der Waals surface area contributed by atoms with E-state index in [2.05, 4.69) is 17.4 Å². The molecule has 1 aromatic carbocycles. The number of rotatable bonds is 4. The monoisotopic (exact) mass is 265 g/mol. The lowest BCUT2D eigenvalue weighted by Crippen LogP contribution is -2.31. The smallest absolute Gasteiger partial charge is 0.161 e. The van der Waals surface area contributed by atoms with Crippen molar-refractivity contribution in [3.05, 3.63) is 23.8 Å². The number of nitrogens with one attached hydrogen (secondary N) is 1. The molecule has 1 unspecified atom stereocenters.